The highest BCUT2D eigenvalue weighted by Gasteiger charge is 2.37. The second-order valence-corrected chi connectivity index (χ2v) is 5.88. The zero-order valence-corrected chi connectivity index (χ0v) is 12.0. The number of rotatable bonds is 5. The molecule has 1 fully saturated rings. The number of ether oxygens (including phenoxy) is 1. The second kappa shape index (κ2) is 6.19. The molecular weight excluding hydrogens is 278 g/mol. The van der Waals surface area contributed by atoms with Gasteiger partial charge in [0.2, 0.25) is 0 Å². The molecule has 1 aliphatic heterocycles. The number of carboxylic acids is 1. The van der Waals surface area contributed by atoms with E-state index in [9.17, 15) is 9.59 Å². The van der Waals surface area contributed by atoms with Gasteiger partial charge in [-0.05, 0) is 42.9 Å². The fourth-order valence-corrected chi connectivity index (χ4v) is 2.85. The van der Waals surface area contributed by atoms with Crippen LogP contribution in [0.1, 0.15) is 30.2 Å². The molecule has 0 bridgehead atoms. The van der Waals surface area contributed by atoms with Gasteiger partial charge in [0.1, 0.15) is 5.60 Å². The topological polar surface area (TPSA) is 75.6 Å². The molecule has 1 aromatic heterocycles. The summed E-state index contributed by atoms with van der Waals surface area (Å²) < 4.78 is 5.48. The van der Waals surface area contributed by atoms with Gasteiger partial charge in [-0.15, -0.1) is 11.3 Å². The number of thiophene rings is 1. The van der Waals surface area contributed by atoms with E-state index in [1.807, 2.05) is 18.4 Å². The fourth-order valence-electron chi connectivity index (χ4n) is 2.06. The van der Waals surface area contributed by atoms with Crippen LogP contribution in [-0.4, -0.2) is 29.2 Å². The van der Waals surface area contributed by atoms with Gasteiger partial charge in [-0.2, -0.15) is 0 Å². The molecule has 20 heavy (non-hydrogen) atoms. The maximum Gasteiger partial charge on any atom is 0.328 e. The van der Waals surface area contributed by atoms with Crippen LogP contribution in [0.4, 0.5) is 0 Å². The van der Waals surface area contributed by atoms with Gasteiger partial charge in [0, 0.05) is 17.6 Å². The SMILES string of the molecule is CC1(C(=O)NCc2cc(/C=C/C(=O)O)cs2)CCCO1. The molecule has 1 unspecified atom stereocenters. The minimum Gasteiger partial charge on any atom is -0.478 e. The normalized spacial score (nSPS) is 22.2. The Morgan fingerprint density at radius 2 is 2.40 bits per heavy atom. The van der Waals surface area contributed by atoms with Crippen molar-refractivity contribution in [2.75, 3.05) is 6.61 Å². The number of carbonyl (C=O) groups excluding carboxylic acids is 1. The Morgan fingerprint density at radius 1 is 1.60 bits per heavy atom. The van der Waals surface area contributed by atoms with Crippen LogP contribution in [0.2, 0.25) is 0 Å². The number of carbonyl (C=O) groups is 2. The predicted octanol–water partition coefficient (Wildman–Crippen LogP) is 2.03. The third-order valence-corrected chi connectivity index (χ3v) is 4.17. The van der Waals surface area contributed by atoms with E-state index in [0.717, 1.165) is 29.4 Å². The fraction of sp³-hybridized carbons (Fsp3) is 0.429. The third kappa shape index (κ3) is 3.68. The van der Waals surface area contributed by atoms with Gasteiger partial charge in [0.15, 0.2) is 0 Å². The summed E-state index contributed by atoms with van der Waals surface area (Å²) in [4.78, 5) is 23.4. The van der Waals surface area contributed by atoms with Crippen LogP contribution in [-0.2, 0) is 20.9 Å². The van der Waals surface area contributed by atoms with E-state index in [0.29, 0.717) is 13.2 Å². The molecular formula is C14H17NO4S. The Labute approximate surface area is 121 Å². The van der Waals surface area contributed by atoms with E-state index in [1.165, 1.54) is 17.4 Å². The molecule has 0 aliphatic carbocycles. The number of carboxylic acid groups (broad SMARTS) is 1. The lowest BCUT2D eigenvalue weighted by Crippen LogP contribution is -2.43. The first-order valence-electron chi connectivity index (χ1n) is 6.40. The zero-order chi connectivity index (χ0) is 14.6. The average Bonchev–Trinajstić information content (AvgIpc) is 3.03. The summed E-state index contributed by atoms with van der Waals surface area (Å²) in [6.45, 7) is 2.88. The van der Waals surface area contributed by atoms with Crippen molar-refractivity contribution in [2.45, 2.75) is 31.9 Å². The predicted molar refractivity (Wildman–Crippen MR) is 76.4 cm³/mol. The first-order valence-corrected chi connectivity index (χ1v) is 7.28. The van der Waals surface area contributed by atoms with Crippen LogP contribution in [0.5, 0.6) is 0 Å². The van der Waals surface area contributed by atoms with Crippen LogP contribution in [0.3, 0.4) is 0 Å². The molecule has 0 radical (unpaired) electrons. The monoisotopic (exact) mass is 295 g/mol. The minimum absolute atomic E-state index is 0.0916. The number of hydrogen-bond donors (Lipinski definition) is 2. The van der Waals surface area contributed by atoms with Gasteiger partial charge in [-0.1, -0.05) is 0 Å². The van der Waals surface area contributed by atoms with E-state index < -0.39 is 11.6 Å². The molecule has 2 rings (SSSR count). The summed E-state index contributed by atoms with van der Waals surface area (Å²) in [6, 6.07) is 1.86. The van der Waals surface area contributed by atoms with Crippen molar-refractivity contribution in [3.05, 3.63) is 28.0 Å². The van der Waals surface area contributed by atoms with Crippen molar-refractivity contribution in [2.24, 2.45) is 0 Å². The Morgan fingerprint density at radius 3 is 3.05 bits per heavy atom. The van der Waals surface area contributed by atoms with Crippen LogP contribution >= 0.6 is 11.3 Å². The molecule has 5 nitrogen and oxygen atoms in total. The van der Waals surface area contributed by atoms with Crippen molar-refractivity contribution < 1.29 is 19.4 Å². The van der Waals surface area contributed by atoms with Crippen LogP contribution in [0.25, 0.3) is 6.08 Å². The molecule has 2 heterocycles. The van der Waals surface area contributed by atoms with Crippen molar-refractivity contribution >= 4 is 29.3 Å². The highest BCUT2D eigenvalue weighted by atomic mass is 32.1. The van der Waals surface area contributed by atoms with Gasteiger partial charge in [-0.25, -0.2) is 4.79 Å². The summed E-state index contributed by atoms with van der Waals surface area (Å²) in [5.41, 5.74) is 0.119. The number of amides is 1. The summed E-state index contributed by atoms with van der Waals surface area (Å²) in [7, 11) is 0. The molecule has 1 saturated heterocycles. The lowest BCUT2D eigenvalue weighted by atomic mass is 10.0. The first-order chi connectivity index (χ1) is 9.49. The lowest BCUT2D eigenvalue weighted by molar-refractivity contribution is -0.139. The highest BCUT2D eigenvalue weighted by Crippen LogP contribution is 2.25. The number of nitrogens with one attached hydrogen (secondary N) is 1. The molecule has 2 N–H and O–H groups in total. The Bertz CT molecular complexity index is 529. The smallest absolute Gasteiger partial charge is 0.328 e. The maximum atomic E-state index is 12.0. The van der Waals surface area contributed by atoms with E-state index in [4.69, 9.17) is 9.84 Å². The molecule has 1 atom stereocenters. The average molecular weight is 295 g/mol. The molecule has 0 saturated carbocycles. The lowest BCUT2D eigenvalue weighted by Gasteiger charge is -2.21. The van der Waals surface area contributed by atoms with E-state index in [-0.39, 0.29) is 5.91 Å². The molecule has 0 spiro atoms. The van der Waals surface area contributed by atoms with E-state index in [1.54, 1.807) is 0 Å². The molecule has 0 aromatic carbocycles. The minimum atomic E-state index is -0.975. The van der Waals surface area contributed by atoms with Gasteiger partial charge in [0.05, 0.1) is 6.54 Å². The summed E-state index contributed by atoms with van der Waals surface area (Å²) >= 11 is 1.48. The van der Waals surface area contributed by atoms with Gasteiger partial charge in [0.25, 0.3) is 5.91 Å². The van der Waals surface area contributed by atoms with Gasteiger partial charge >= 0.3 is 5.97 Å². The largest absolute Gasteiger partial charge is 0.478 e. The Hall–Kier alpha value is -1.66. The van der Waals surface area contributed by atoms with Gasteiger partial charge < -0.3 is 15.2 Å². The van der Waals surface area contributed by atoms with E-state index >= 15 is 0 Å². The number of hydrogen-bond acceptors (Lipinski definition) is 4. The standard InChI is InChI=1S/C14H17NO4S/c1-14(5-2-6-19-14)13(18)15-8-11-7-10(9-20-11)3-4-12(16)17/h3-4,7,9H,2,5-6,8H2,1H3,(H,15,18)(H,16,17)/b4-3+. The summed E-state index contributed by atoms with van der Waals surface area (Å²) in [5, 5.41) is 13.3. The second-order valence-electron chi connectivity index (χ2n) is 4.88. The van der Waals surface area contributed by atoms with Crippen molar-refractivity contribution in [1.29, 1.82) is 0 Å². The summed E-state index contributed by atoms with van der Waals surface area (Å²) in [5.74, 6) is -1.07. The van der Waals surface area contributed by atoms with Crippen molar-refractivity contribution in [1.82, 2.24) is 5.32 Å². The van der Waals surface area contributed by atoms with Crippen molar-refractivity contribution in [3.8, 4) is 0 Å². The Balaban J connectivity index is 1.88. The molecule has 1 amide bonds. The maximum absolute atomic E-state index is 12.0. The van der Waals surface area contributed by atoms with Crippen LogP contribution in [0.15, 0.2) is 17.5 Å². The highest BCUT2D eigenvalue weighted by molar-refractivity contribution is 7.10. The quantitative estimate of drug-likeness (QED) is 0.815. The number of aliphatic carboxylic acids is 1. The summed E-state index contributed by atoms with van der Waals surface area (Å²) in [6.07, 6.45) is 4.28. The van der Waals surface area contributed by atoms with Crippen molar-refractivity contribution in [3.63, 3.8) is 0 Å². The third-order valence-electron chi connectivity index (χ3n) is 3.21. The van der Waals surface area contributed by atoms with Gasteiger partial charge in [-0.3, -0.25) is 4.79 Å². The molecule has 1 aliphatic rings. The van der Waals surface area contributed by atoms with E-state index in [2.05, 4.69) is 5.32 Å². The molecule has 1 aromatic rings. The van der Waals surface area contributed by atoms with Crippen LogP contribution < -0.4 is 5.32 Å². The molecule has 108 valence electrons. The Kier molecular flexibility index (Phi) is 4.57. The zero-order valence-electron chi connectivity index (χ0n) is 11.2. The molecule has 6 heteroatoms. The van der Waals surface area contributed by atoms with Crippen LogP contribution in [0, 0.1) is 0 Å². The first kappa shape index (κ1) is 14.7.